The minimum atomic E-state index is -1.66. The minimum absolute atomic E-state index is 0.0224. The zero-order valence-electron chi connectivity index (χ0n) is 46.0. The molecule has 1 heterocycles. The van der Waals surface area contributed by atoms with Gasteiger partial charge in [0.05, 0.1) is 12.2 Å². The van der Waals surface area contributed by atoms with Crippen molar-refractivity contribution in [3.63, 3.8) is 0 Å². The summed E-state index contributed by atoms with van der Waals surface area (Å²) in [5.41, 5.74) is 26.2. The lowest BCUT2D eigenvalue weighted by atomic mass is 9.93. The fourth-order valence-electron chi connectivity index (χ4n) is 8.56. The van der Waals surface area contributed by atoms with Crippen LogP contribution in [0.2, 0.25) is 0 Å². The highest BCUT2D eigenvalue weighted by Gasteiger charge is 2.36. The third kappa shape index (κ3) is 21.2. The molecule has 0 unspecified atom stereocenters. The van der Waals surface area contributed by atoms with E-state index in [0.717, 1.165) is 16.7 Å². The number of nitrogens with two attached hydrogens (primary N) is 4. The molecule has 0 spiro atoms. The van der Waals surface area contributed by atoms with Gasteiger partial charge in [-0.05, 0) is 101 Å². The molecule has 0 bridgehead atoms. The highest BCUT2D eigenvalue weighted by atomic mass is 16.3. The predicted octanol–water partition coefficient (Wildman–Crippen LogP) is -4.05. The topological polar surface area (TPSA) is 436 Å². The van der Waals surface area contributed by atoms with Crippen LogP contribution in [0, 0.1) is 5.92 Å². The molecule has 1 fully saturated rings. The maximum atomic E-state index is 14.3. The molecule has 1 saturated heterocycles. The van der Waals surface area contributed by atoms with Crippen LogP contribution in [0.3, 0.4) is 0 Å². The number of amides is 10. The number of aliphatic hydroxyl groups excluding tert-OH is 2. The van der Waals surface area contributed by atoms with Crippen molar-refractivity contribution < 1.29 is 58.2 Å². The summed E-state index contributed by atoms with van der Waals surface area (Å²) in [6.45, 7) is 8.07. The quantitative estimate of drug-likeness (QED) is 0.0566. The molecule has 0 radical (unpaired) electrons. The van der Waals surface area contributed by atoms with Crippen LogP contribution in [0.1, 0.15) is 98.0 Å². The normalized spacial score (nSPS) is 23.4. The molecule has 0 aliphatic carbocycles. The van der Waals surface area contributed by atoms with E-state index in [1.54, 1.807) is 20.8 Å². The first-order chi connectivity index (χ1) is 37.5. The van der Waals surface area contributed by atoms with Gasteiger partial charge in [0.15, 0.2) is 0 Å². The fourth-order valence-corrected chi connectivity index (χ4v) is 8.56. The molecule has 12 atom stereocenters. The van der Waals surface area contributed by atoms with Crippen molar-refractivity contribution in [2.75, 3.05) is 32.7 Å². The van der Waals surface area contributed by atoms with Crippen molar-refractivity contribution in [1.29, 1.82) is 0 Å². The lowest BCUT2D eigenvalue weighted by Crippen LogP contribution is -2.62. The lowest BCUT2D eigenvalue weighted by Gasteiger charge is -2.28. The average molecular weight is 1110 g/mol. The van der Waals surface area contributed by atoms with E-state index in [1.807, 2.05) is 61.5 Å². The second-order valence-electron chi connectivity index (χ2n) is 20.1. The second kappa shape index (κ2) is 33.4. The summed E-state index contributed by atoms with van der Waals surface area (Å²) in [5, 5.41) is 46.6. The minimum Gasteiger partial charge on any atom is -0.391 e. The number of hydrogen-bond donors (Lipinski definition) is 16. The molecule has 20 N–H and O–H groups in total. The smallest absolute Gasteiger partial charge is 0.245 e. The van der Waals surface area contributed by atoms with E-state index in [9.17, 15) is 58.2 Å². The van der Waals surface area contributed by atoms with Gasteiger partial charge in [0.25, 0.3) is 0 Å². The molecule has 2 aromatic rings. The van der Waals surface area contributed by atoms with Gasteiger partial charge in [-0.25, -0.2) is 0 Å². The van der Waals surface area contributed by atoms with Crippen molar-refractivity contribution in [2.45, 2.75) is 159 Å². The molecule has 1 aliphatic heterocycles. The van der Waals surface area contributed by atoms with Gasteiger partial charge >= 0.3 is 0 Å². The number of aliphatic hydroxyl groups is 2. The largest absolute Gasteiger partial charge is 0.391 e. The standard InChI is InChI=1S/C53H84N14O12/c1-7-35-45(71)60-36(16-20-54)46(72)62-38(18-22-56)49(75)67-43(30(5)68)52(78)58-23-19-39(48(74)61-37(17-21-55)47(73)64-40(24-28(2)3)50(76)59-35)63-51(77)41(27-57)65-53(79)44(31(6)69)66-42(70)25-29(4)33-14-11-15-34(26-33)32-12-9-8-10-13-32/h8-15,26,28-31,35-41,43-44,68-69H,7,16-25,27,54-57H2,1-6H3,(H,58,78)(H,59,76)(H,60,71)(H,61,74)(H,62,72)(H,63,77)(H,64,73)(H,65,79)(H,66,70)(H,67,75)/t29-,30+,31+,35-,36-,37-,38-,39-,40+,41-,43-,44-/m0/s1. The molecule has 3 rings (SSSR count). The van der Waals surface area contributed by atoms with Gasteiger partial charge in [0, 0.05) is 19.5 Å². The highest BCUT2D eigenvalue weighted by Crippen LogP contribution is 2.26. The molecule has 2 aromatic carbocycles. The van der Waals surface area contributed by atoms with Crippen LogP contribution in [-0.2, 0) is 47.9 Å². The van der Waals surface area contributed by atoms with Gasteiger partial charge in [-0.1, -0.05) is 82.3 Å². The first-order valence-electron chi connectivity index (χ1n) is 26.8. The average Bonchev–Trinajstić information content (AvgIpc) is 3.41. The number of rotatable bonds is 21. The van der Waals surface area contributed by atoms with Crippen molar-refractivity contribution in [3.05, 3.63) is 60.2 Å². The van der Waals surface area contributed by atoms with Crippen molar-refractivity contribution in [1.82, 2.24) is 53.2 Å². The molecule has 0 saturated carbocycles. The molecule has 10 amide bonds. The van der Waals surface area contributed by atoms with Gasteiger partial charge < -0.3 is 86.3 Å². The van der Waals surface area contributed by atoms with Gasteiger partial charge in [0.2, 0.25) is 59.1 Å². The third-order valence-electron chi connectivity index (χ3n) is 13.1. The Bertz CT molecular complexity index is 2380. The van der Waals surface area contributed by atoms with E-state index in [-0.39, 0.29) is 70.0 Å². The van der Waals surface area contributed by atoms with E-state index in [4.69, 9.17) is 22.9 Å². The third-order valence-corrected chi connectivity index (χ3v) is 13.1. The van der Waals surface area contributed by atoms with E-state index < -0.39 is 145 Å². The Morgan fingerprint density at radius 1 is 0.608 bits per heavy atom. The van der Waals surface area contributed by atoms with Crippen LogP contribution in [-0.4, -0.2) is 169 Å². The summed E-state index contributed by atoms with van der Waals surface area (Å²) in [5.74, 6) is -9.35. The van der Waals surface area contributed by atoms with Gasteiger partial charge in [-0.3, -0.25) is 47.9 Å². The van der Waals surface area contributed by atoms with Crippen LogP contribution >= 0.6 is 0 Å². The highest BCUT2D eigenvalue weighted by molar-refractivity contribution is 5.99. The zero-order valence-corrected chi connectivity index (χ0v) is 46.0. The molecule has 1 aliphatic rings. The van der Waals surface area contributed by atoms with Gasteiger partial charge in [0.1, 0.15) is 54.4 Å². The van der Waals surface area contributed by atoms with E-state index in [2.05, 4.69) is 53.2 Å². The van der Waals surface area contributed by atoms with Gasteiger partial charge in [-0.15, -0.1) is 0 Å². The molecular weight excluding hydrogens is 1020 g/mol. The summed E-state index contributed by atoms with van der Waals surface area (Å²) >= 11 is 0. The Labute approximate surface area is 461 Å². The Hall–Kier alpha value is -7.10. The van der Waals surface area contributed by atoms with Crippen LogP contribution in [0.5, 0.6) is 0 Å². The van der Waals surface area contributed by atoms with Crippen LogP contribution in [0.15, 0.2) is 54.6 Å². The molecule has 26 heteroatoms. The monoisotopic (exact) mass is 1110 g/mol. The summed E-state index contributed by atoms with van der Waals surface area (Å²) < 4.78 is 0. The molecule has 438 valence electrons. The fraction of sp³-hybridized carbons (Fsp3) is 0.585. The lowest BCUT2D eigenvalue weighted by molar-refractivity contribution is -0.136. The number of hydrogen-bond acceptors (Lipinski definition) is 16. The molecule has 0 aromatic heterocycles. The van der Waals surface area contributed by atoms with Crippen molar-refractivity contribution >= 4 is 59.1 Å². The summed E-state index contributed by atoms with van der Waals surface area (Å²) in [4.78, 5) is 138. The first-order valence-corrected chi connectivity index (χ1v) is 26.8. The number of benzene rings is 2. The zero-order chi connectivity index (χ0) is 58.9. The van der Waals surface area contributed by atoms with E-state index >= 15 is 0 Å². The van der Waals surface area contributed by atoms with Crippen molar-refractivity contribution in [2.24, 2.45) is 28.9 Å². The van der Waals surface area contributed by atoms with Crippen LogP contribution < -0.4 is 76.1 Å². The SMILES string of the molecule is CC[C@@H]1NC(=O)[C@@H](CC(C)C)NC(=O)[C@H](CCN)NC(=O)[C@@H](NC(=O)[C@H](CN)NC(=O)[C@@H](NC(=O)C[C@H](C)c2cccc(-c3ccccc3)c2)[C@@H](C)O)CCNC(=O)[C@H]([C@@H](C)O)NC(=O)[C@H](CCN)NC(=O)[C@H](CCN)NC1=O. The Morgan fingerprint density at radius 2 is 1.11 bits per heavy atom. The molecule has 79 heavy (non-hydrogen) atoms. The van der Waals surface area contributed by atoms with E-state index in [1.165, 1.54) is 13.8 Å². The Kier molecular flexibility index (Phi) is 27.9. The molecular formula is C53H84N14O12. The summed E-state index contributed by atoms with van der Waals surface area (Å²) in [7, 11) is 0. The maximum absolute atomic E-state index is 14.3. The first kappa shape index (κ1) is 66.2. The second-order valence-corrected chi connectivity index (χ2v) is 20.1. The van der Waals surface area contributed by atoms with E-state index in [0.29, 0.717) is 0 Å². The molecule has 26 nitrogen and oxygen atoms in total. The predicted molar refractivity (Wildman–Crippen MR) is 293 cm³/mol. The van der Waals surface area contributed by atoms with Crippen molar-refractivity contribution in [3.8, 4) is 11.1 Å². The summed E-state index contributed by atoms with van der Waals surface area (Å²) in [6, 6.07) is 4.16. The maximum Gasteiger partial charge on any atom is 0.245 e. The number of carbonyl (C=O) groups excluding carboxylic acids is 10. The van der Waals surface area contributed by atoms with Gasteiger partial charge in [-0.2, -0.15) is 0 Å². The summed E-state index contributed by atoms with van der Waals surface area (Å²) in [6.07, 6.45) is -3.90. The van der Waals surface area contributed by atoms with Crippen LogP contribution in [0.25, 0.3) is 11.1 Å². The van der Waals surface area contributed by atoms with Crippen LogP contribution in [0.4, 0.5) is 0 Å². The Balaban J connectivity index is 1.96. The Morgan fingerprint density at radius 3 is 1.63 bits per heavy atom. The number of carbonyl (C=O) groups is 10. The number of nitrogens with one attached hydrogen (secondary N) is 10.